The summed E-state index contributed by atoms with van der Waals surface area (Å²) >= 11 is 0. The molecule has 3 N–H and O–H groups in total. The number of phosphoric ester groups is 1. The molecule has 0 saturated carbocycles. The lowest BCUT2D eigenvalue weighted by molar-refractivity contribution is -0.161. The SMILES string of the molecule is CCCCCC/C=C\CCCCCCCC(=O)O[C@H](COC(=O)CCCCCCCCC/C=C\CCCCCCCC)COP(=O)(O)OCCN. The Morgan fingerprint density at radius 2 is 0.961 bits per heavy atom. The average molecular weight is 744 g/mol. The molecule has 10 heteroatoms. The van der Waals surface area contributed by atoms with Gasteiger partial charge in [-0.25, -0.2) is 4.57 Å². The van der Waals surface area contributed by atoms with E-state index >= 15 is 0 Å². The standard InChI is InChI=1S/C41H78NO8P/c1-3-5-7-9-11-13-15-17-18-19-20-22-23-25-27-29-31-33-40(43)47-37-39(38-49-51(45,46)48-36-35-42)50-41(44)34-32-30-28-26-24-21-16-14-12-10-8-6-4-2/h14,16-18,39H,3-13,15,19-38,42H2,1-2H3,(H,45,46)/b16-14-,18-17-/t39-/m1/s1. The highest BCUT2D eigenvalue weighted by Gasteiger charge is 2.26. The summed E-state index contributed by atoms with van der Waals surface area (Å²) in [7, 11) is -4.37. The molecule has 2 atom stereocenters. The van der Waals surface area contributed by atoms with Crippen LogP contribution >= 0.6 is 7.82 Å². The second kappa shape index (κ2) is 38.2. The zero-order chi connectivity index (χ0) is 37.5. The van der Waals surface area contributed by atoms with E-state index in [4.69, 9.17) is 24.3 Å². The van der Waals surface area contributed by atoms with Crippen LogP contribution < -0.4 is 5.73 Å². The molecule has 0 amide bonds. The third-order valence-corrected chi connectivity index (χ3v) is 9.79. The molecule has 0 aliphatic rings. The van der Waals surface area contributed by atoms with Gasteiger partial charge in [0.1, 0.15) is 6.61 Å². The molecule has 0 spiro atoms. The number of hydrogen-bond donors (Lipinski definition) is 2. The van der Waals surface area contributed by atoms with Gasteiger partial charge in [-0.15, -0.1) is 0 Å². The van der Waals surface area contributed by atoms with Gasteiger partial charge in [0, 0.05) is 19.4 Å². The Hall–Kier alpha value is -1.51. The lowest BCUT2D eigenvalue weighted by atomic mass is 10.1. The third-order valence-electron chi connectivity index (χ3n) is 8.81. The molecule has 0 aromatic heterocycles. The zero-order valence-electron chi connectivity index (χ0n) is 32.8. The highest BCUT2D eigenvalue weighted by molar-refractivity contribution is 7.47. The molecular weight excluding hydrogens is 665 g/mol. The second-order valence-electron chi connectivity index (χ2n) is 13.8. The minimum Gasteiger partial charge on any atom is -0.462 e. The predicted octanol–water partition coefficient (Wildman–Crippen LogP) is 11.6. The summed E-state index contributed by atoms with van der Waals surface area (Å²) in [6.07, 6.45) is 39.2. The third kappa shape index (κ3) is 38.0. The van der Waals surface area contributed by atoms with Gasteiger partial charge in [-0.2, -0.15) is 0 Å². The number of carbonyl (C=O) groups is 2. The largest absolute Gasteiger partial charge is 0.472 e. The highest BCUT2D eigenvalue weighted by atomic mass is 31.2. The summed E-state index contributed by atoms with van der Waals surface area (Å²) in [6, 6.07) is 0. The van der Waals surface area contributed by atoms with Gasteiger partial charge in [0.05, 0.1) is 13.2 Å². The van der Waals surface area contributed by atoms with E-state index in [1.807, 2.05) is 0 Å². The Labute approximate surface area is 312 Å². The Kier molecular flexibility index (Phi) is 37.1. The molecule has 0 bridgehead atoms. The molecule has 0 rings (SSSR count). The Bertz CT molecular complexity index is 897. The predicted molar refractivity (Wildman–Crippen MR) is 211 cm³/mol. The number of carbonyl (C=O) groups excluding carboxylic acids is 2. The van der Waals surface area contributed by atoms with Gasteiger partial charge in [-0.3, -0.25) is 18.6 Å². The van der Waals surface area contributed by atoms with E-state index in [1.54, 1.807) is 0 Å². The molecule has 0 aromatic rings. The van der Waals surface area contributed by atoms with Crippen molar-refractivity contribution in [3.63, 3.8) is 0 Å². The van der Waals surface area contributed by atoms with Crippen LogP contribution in [0.3, 0.4) is 0 Å². The smallest absolute Gasteiger partial charge is 0.462 e. The first-order valence-corrected chi connectivity index (χ1v) is 22.3. The van der Waals surface area contributed by atoms with Gasteiger partial charge in [0.2, 0.25) is 0 Å². The Morgan fingerprint density at radius 1 is 0.569 bits per heavy atom. The van der Waals surface area contributed by atoms with E-state index in [0.29, 0.717) is 6.42 Å². The fraction of sp³-hybridized carbons (Fsp3) is 0.854. The molecule has 1 unspecified atom stereocenters. The lowest BCUT2D eigenvalue weighted by Gasteiger charge is -2.19. The van der Waals surface area contributed by atoms with E-state index in [1.165, 1.54) is 96.3 Å². The van der Waals surface area contributed by atoms with E-state index < -0.39 is 26.5 Å². The molecular formula is C41H78NO8P. The summed E-state index contributed by atoms with van der Waals surface area (Å²) in [6.45, 7) is 3.70. The van der Waals surface area contributed by atoms with Gasteiger partial charge in [0.15, 0.2) is 6.10 Å². The van der Waals surface area contributed by atoms with Crippen LogP contribution in [-0.2, 0) is 32.7 Å². The fourth-order valence-electron chi connectivity index (χ4n) is 5.68. The first-order valence-electron chi connectivity index (χ1n) is 20.8. The van der Waals surface area contributed by atoms with E-state index in [2.05, 4.69) is 38.2 Å². The zero-order valence-corrected chi connectivity index (χ0v) is 33.7. The van der Waals surface area contributed by atoms with E-state index in [9.17, 15) is 19.0 Å². The van der Waals surface area contributed by atoms with Crippen LogP contribution in [0.1, 0.15) is 194 Å². The molecule has 9 nitrogen and oxygen atoms in total. The van der Waals surface area contributed by atoms with Crippen molar-refractivity contribution >= 4 is 19.8 Å². The quantitative estimate of drug-likeness (QED) is 0.0273. The number of allylic oxidation sites excluding steroid dienone is 4. The van der Waals surface area contributed by atoms with Crippen molar-refractivity contribution in [1.29, 1.82) is 0 Å². The maximum atomic E-state index is 12.5. The lowest BCUT2D eigenvalue weighted by Crippen LogP contribution is -2.29. The second-order valence-corrected chi connectivity index (χ2v) is 15.3. The van der Waals surface area contributed by atoms with Crippen LogP contribution in [0.25, 0.3) is 0 Å². The van der Waals surface area contributed by atoms with Gasteiger partial charge in [0.25, 0.3) is 0 Å². The van der Waals surface area contributed by atoms with Crippen LogP contribution in [0.5, 0.6) is 0 Å². The molecule has 0 aliphatic carbocycles. The first kappa shape index (κ1) is 49.5. The molecule has 51 heavy (non-hydrogen) atoms. The van der Waals surface area contributed by atoms with Crippen molar-refractivity contribution in [2.24, 2.45) is 5.73 Å². The summed E-state index contributed by atoms with van der Waals surface area (Å²) in [4.78, 5) is 34.8. The minimum atomic E-state index is -4.37. The molecule has 0 saturated heterocycles. The van der Waals surface area contributed by atoms with E-state index in [-0.39, 0.29) is 38.6 Å². The summed E-state index contributed by atoms with van der Waals surface area (Å²) in [5.74, 6) is -0.841. The van der Waals surface area contributed by atoms with Crippen LogP contribution in [0, 0.1) is 0 Å². The molecule has 0 fully saturated rings. The molecule has 300 valence electrons. The Balaban J connectivity index is 4.17. The number of nitrogens with two attached hydrogens (primary N) is 1. The van der Waals surface area contributed by atoms with Crippen molar-refractivity contribution in [3.8, 4) is 0 Å². The van der Waals surface area contributed by atoms with Gasteiger partial charge < -0.3 is 20.1 Å². The highest BCUT2D eigenvalue weighted by Crippen LogP contribution is 2.43. The number of esters is 2. The number of phosphoric acid groups is 1. The van der Waals surface area contributed by atoms with Crippen molar-refractivity contribution in [3.05, 3.63) is 24.3 Å². The van der Waals surface area contributed by atoms with Crippen molar-refractivity contribution in [2.75, 3.05) is 26.4 Å². The number of rotatable bonds is 39. The maximum Gasteiger partial charge on any atom is 0.472 e. The topological polar surface area (TPSA) is 134 Å². The van der Waals surface area contributed by atoms with Crippen molar-refractivity contribution < 1.29 is 37.6 Å². The van der Waals surface area contributed by atoms with Crippen LogP contribution in [0.2, 0.25) is 0 Å². The van der Waals surface area contributed by atoms with E-state index in [0.717, 1.165) is 64.2 Å². The average Bonchev–Trinajstić information content (AvgIpc) is 3.11. The number of unbranched alkanes of at least 4 members (excludes halogenated alkanes) is 22. The van der Waals surface area contributed by atoms with Gasteiger partial charge in [-0.05, 0) is 64.2 Å². The fourth-order valence-corrected chi connectivity index (χ4v) is 6.45. The normalized spacial score (nSPS) is 13.6. The molecule has 0 radical (unpaired) electrons. The molecule has 0 heterocycles. The maximum absolute atomic E-state index is 12.5. The summed E-state index contributed by atoms with van der Waals surface area (Å²) in [5.41, 5.74) is 5.34. The van der Waals surface area contributed by atoms with Crippen molar-refractivity contribution in [2.45, 2.75) is 200 Å². The van der Waals surface area contributed by atoms with Crippen LogP contribution in [0.15, 0.2) is 24.3 Å². The van der Waals surface area contributed by atoms with Gasteiger partial charge in [-0.1, -0.05) is 141 Å². The molecule has 0 aromatic carbocycles. The Morgan fingerprint density at radius 3 is 1.41 bits per heavy atom. The van der Waals surface area contributed by atoms with Crippen LogP contribution in [-0.4, -0.2) is 49.3 Å². The monoisotopic (exact) mass is 744 g/mol. The van der Waals surface area contributed by atoms with Gasteiger partial charge >= 0.3 is 19.8 Å². The van der Waals surface area contributed by atoms with Crippen LogP contribution in [0.4, 0.5) is 0 Å². The number of hydrogen-bond acceptors (Lipinski definition) is 8. The number of ether oxygens (including phenoxy) is 2. The summed E-state index contributed by atoms with van der Waals surface area (Å²) in [5, 5.41) is 0. The first-order chi connectivity index (χ1) is 24.8. The summed E-state index contributed by atoms with van der Waals surface area (Å²) < 4.78 is 32.7. The minimum absolute atomic E-state index is 0.0523. The molecule has 0 aliphatic heterocycles. The van der Waals surface area contributed by atoms with Crippen molar-refractivity contribution in [1.82, 2.24) is 0 Å².